The highest BCUT2D eigenvalue weighted by Crippen LogP contribution is 2.28. The zero-order chi connectivity index (χ0) is 23.4. The lowest BCUT2D eigenvalue weighted by Crippen LogP contribution is -2.61. The molecule has 3 rings (SSSR count). The van der Waals surface area contributed by atoms with E-state index in [1.807, 2.05) is 6.07 Å². The van der Waals surface area contributed by atoms with Gasteiger partial charge in [0.1, 0.15) is 48.8 Å². The van der Waals surface area contributed by atoms with Gasteiger partial charge in [0, 0.05) is 0 Å². The van der Waals surface area contributed by atoms with Crippen molar-refractivity contribution in [3.05, 3.63) is 35.9 Å². The van der Waals surface area contributed by atoms with Crippen LogP contribution in [0.1, 0.15) is 11.7 Å². The van der Waals surface area contributed by atoms with Crippen molar-refractivity contribution in [1.29, 1.82) is 5.26 Å². The molecule has 0 radical (unpaired) electrons. The zero-order valence-corrected chi connectivity index (χ0v) is 16.9. The maximum atomic E-state index is 10.3. The molecule has 0 bridgehead atoms. The number of nitrogens with zero attached hydrogens (tertiary/aromatic N) is 1. The number of nitriles is 1. The molecule has 12 nitrogen and oxygen atoms in total. The lowest BCUT2D eigenvalue weighted by molar-refractivity contribution is -0.334. The summed E-state index contributed by atoms with van der Waals surface area (Å²) < 4.78 is 21.6. The van der Waals surface area contributed by atoms with E-state index in [4.69, 9.17) is 18.9 Å². The van der Waals surface area contributed by atoms with Gasteiger partial charge in [0.15, 0.2) is 18.7 Å². The SMILES string of the molecule is N#C[C@@H](O[C@@H]1O[C@@H](CO[C@H]2O[C@@H](CO)[C@H](O)[C@@H](O)[C@@H]2O)[C@H](O)[C@@H](O)[C@@H]1O)c1ccccc1. The molecular weight excluding hydrogens is 430 g/mol. The fourth-order valence-electron chi connectivity index (χ4n) is 3.51. The highest BCUT2D eigenvalue weighted by Gasteiger charge is 2.48. The summed E-state index contributed by atoms with van der Waals surface area (Å²) >= 11 is 0. The number of hydrogen-bond donors (Lipinski definition) is 7. The number of hydrogen-bond acceptors (Lipinski definition) is 12. The second-order valence-corrected chi connectivity index (χ2v) is 7.60. The predicted octanol–water partition coefficient (Wildman–Crippen LogP) is -3.11. The molecule has 2 fully saturated rings. The minimum Gasteiger partial charge on any atom is -0.394 e. The van der Waals surface area contributed by atoms with Gasteiger partial charge in [0.2, 0.25) is 0 Å². The Morgan fingerprint density at radius 2 is 1.38 bits per heavy atom. The third kappa shape index (κ3) is 5.25. The molecule has 0 aliphatic carbocycles. The van der Waals surface area contributed by atoms with Gasteiger partial charge in [0.05, 0.1) is 19.3 Å². The molecule has 0 amide bonds. The van der Waals surface area contributed by atoms with Crippen LogP contribution in [0, 0.1) is 11.3 Å². The van der Waals surface area contributed by atoms with E-state index in [2.05, 4.69) is 0 Å². The number of aliphatic hydroxyl groups is 7. The van der Waals surface area contributed by atoms with Crippen LogP contribution in [0.3, 0.4) is 0 Å². The van der Waals surface area contributed by atoms with Crippen molar-refractivity contribution in [1.82, 2.24) is 0 Å². The number of ether oxygens (including phenoxy) is 4. The van der Waals surface area contributed by atoms with Crippen molar-refractivity contribution in [2.24, 2.45) is 0 Å². The van der Waals surface area contributed by atoms with Gasteiger partial charge in [-0.15, -0.1) is 0 Å². The van der Waals surface area contributed by atoms with Crippen molar-refractivity contribution in [3.63, 3.8) is 0 Å². The zero-order valence-electron chi connectivity index (χ0n) is 16.9. The standard InChI is InChI=1S/C20H27NO11/c21-6-10(9-4-2-1-3-5-9)30-20-18(28)16(26)14(24)12(32-20)8-29-19-17(27)15(25)13(23)11(7-22)31-19/h1-5,10-20,22-28H,7-8H2/t10-,11+,12+,13+,14+,15-,16-,17+,18+,19+,20-/m1/s1. The molecule has 178 valence electrons. The molecule has 0 aromatic heterocycles. The summed E-state index contributed by atoms with van der Waals surface area (Å²) in [6, 6.07) is 10.3. The Balaban J connectivity index is 1.65. The Morgan fingerprint density at radius 1 is 0.812 bits per heavy atom. The van der Waals surface area contributed by atoms with Crippen LogP contribution in [0.4, 0.5) is 0 Å². The normalized spacial score (nSPS) is 41.1. The second kappa shape index (κ2) is 10.9. The molecule has 1 aromatic rings. The van der Waals surface area contributed by atoms with E-state index in [-0.39, 0.29) is 0 Å². The monoisotopic (exact) mass is 457 g/mol. The summed E-state index contributed by atoms with van der Waals surface area (Å²) in [5, 5.41) is 79.1. The van der Waals surface area contributed by atoms with E-state index in [0.29, 0.717) is 5.56 Å². The molecule has 2 saturated heterocycles. The topological polar surface area (TPSA) is 202 Å². The Hall–Kier alpha value is -1.73. The van der Waals surface area contributed by atoms with Crippen LogP contribution in [0.25, 0.3) is 0 Å². The quantitative estimate of drug-likeness (QED) is 0.218. The molecular formula is C20H27NO11. The first-order valence-corrected chi connectivity index (χ1v) is 10.00. The average molecular weight is 457 g/mol. The number of rotatable bonds is 7. The van der Waals surface area contributed by atoms with Crippen molar-refractivity contribution >= 4 is 0 Å². The van der Waals surface area contributed by atoms with E-state index >= 15 is 0 Å². The third-order valence-corrected chi connectivity index (χ3v) is 5.43. The Kier molecular flexibility index (Phi) is 8.50. The van der Waals surface area contributed by atoms with Crippen molar-refractivity contribution < 1.29 is 54.7 Å². The number of aliphatic hydroxyl groups excluding tert-OH is 7. The molecule has 2 heterocycles. The second-order valence-electron chi connectivity index (χ2n) is 7.60. The summed E-state index contributed by atoms with van der Waals surface area (Å²) in [4.78, 5) is 0. The predicted molar refractivity (Wildman–Crippen MR) is 102 cm³/mol. The third-order valence-electron chi connectivity index (χ3n) is 5.43. The van der Waals surface area contributed by atoms with E-state index in [0.717, 1.165) is 0 Å². The maximum absolute atomic E-state index is 10.3. The molecule has 7 N–H and O–H groups in total. The fourth-order valence-corrected chi connectivity index (χ4v) is 3.51. The van der Waals surface area contributed by atoms with Crippen LogP contribution in [0.15, 0.2) is 30.3 Å². The van der Waals surface area contributed by atoms with Crippen molar-refractivity contribution in [3.8, 4) is 6.07 Å². The molecule has 0 spiro atoms. The molecule has 32 heavy (non-hydrogen) atoms. The summed E-state index contributed by atoms with van der Waals surface area (Å²) in [6.45, 7) is -1.14. The van der Waals surface area contributed by atoms with E-state index < -0.39 is 80.7 Å². The summed E-state index contributed by atoms with van der Waals surface area (Å²) in [5.74, 6) is 0. The minimum absolute atomic E-state index is 0.487. The smallest absolute Gasteiger partial charge is 0.188 e. The van der Waals surface area contributed by atoms with Crippen LogP contribution in [-0.4, -0.2) is 110 Å². The summed E-state index contributed by atoms with van der Waals surface area (Å²) in [5.41, 5.74) is 0.487. The average Bonchev–Trinajstić information content (AvgIpc) is 2.81. The van der Waals surface area contributed by atoms with Gasteiger partial charge in [-0.1, -0.05) is 30.3 Å². The van der Waals surface area contributed by atoms with Gasteiger partial charge < -0.3 is 54.7 Å². The van der Waals surface area contributed by atoms with Gasteiger partial charge in [-0.25, -0.2) is 0 Å². The molecule has 11 atom stereocenters. The summed E-state index contributed by atoms with van der Waals surface area (Å²) in [6.07, 6.45) is -16.5. The first-order valence-electron chi connectivity index (χ1n) is 10.00. The van der Waals surface area contributed by atoms with Gasteiger partial charge in [-0.2, -0.15) is 5.26 Å². The first kappa shape index (κ1) is 24.9. The minimum atomic E-state index is -1.70. The Morgan fingerprint density at radius 3 is 1.97 bits per heavy atom. The molecule has 12 heteroatoms. The fraction of sp³-hybridized carbons (Fsp3) is 0.650. The Labute approximate surface area is 183 Å². The van der Waals surface area contributed by atoms with Crippen LogP contribution in [0.5, 0.6) is 0 Å². The molecule has 0 unspecified atom stereocenters. The van der Waals surface area contributed by atoms with Gasteiger partial charge in [-0.05, 0) is 5.56 Å². The molecule has 2 aliphatic heterocycles. The molecule has 1 aromatic carbocycles. The largest absolute Gasteiger partial charge is 0.394 e. The summed E-state index contributed by atoms with van der Waals surface area (Å²) in [7, 11) is 0. The highest BCUT2D eigenvalue weighted by molar-refractivity contribution is 5.22. The molecule has 0 saturated carbocycles. The van der Waals surface area contributed by atoms with Crippen LogP contribution >= 0.6 is 0 Å². The van der Waals surface area contributed by atoms with Crippen molar-refractivity contribution in [2.45, 2.75) is 67.5 Å². The van der Waals surface area contributed by atoms with Crippen molar-refractivity contribution in [2.75, 3.05) is 13.2 Å². The molecule has 2 aliphatic rings. The van der Waals surface area contributed by atoms with Crippen LogP contribution in [0.2, 0.25) is 0 Å². The van der Waals surface area contributed by atoms with Crippen LogP contribution in [-0.2, 0) is 18.9 Å². The van der Waals surface area contributed by atoms with Gasteiger partial charge >= 0.3 is 0 Å². The lowest BCUT2D eigenvalue weighted by Gasteiger charge is -2.43. The highest BCUT2D eigenvalue weighted by atomic mass is 16.7. The number of benzene rings is 1. The van der Waals surface area contributed by atoms with Gasteiger partial charge in [-0.3, -0.25) is 0 Å². The van der Waals surface area contributed by atoms with Gasteiger partial charge in [0.25, 0.3) is 0 Å². The Bertz CT molecular complexity index is 760. The van der Waals surface area contributed by atoms with E-state index in [1.54, 1.807) is 30.3 Å². The van der Waals surface area contributed by atoms with Crippen LogP contribution < -0.4 is 0 Å². The van der Waals surface area contributed by atoms with E-state index in [1.165, 1.54) is 0 Å². The first-order chi connectivity index (χ1) is 15.3. The lowest BCUT2D eigenvalue weighted by atomic mass is 9.98. The van der Waals surface area contributed by atoms with E-state index in [9.17, 15) is 41.0 Å². The maximum Gasteiger partial charge on any atom is 0.188 e.